The zero-order chi connectivity index (χ0) is 19.9. The number of likely N-dealkylation sites (tertiary alicyclic amines) is 1. The van der Waals surface area contributed by atoms with Crippen molar-refractivity contribution in [3.63, 3.8) is 0 Å². The summed E-state index contributed by atoms with van der Waals surface area (Å²) >= 11 is 6.09. The van der Waals surface area contributed by atoms with Crippen LogP contribution in [0.4, 0.5) is 0 Å². The van der Waals surface area contributed by atoms with Crippen LogP contribution in [0.3, 0.4) is 0 Å². The lowest BCUT2D eigenvalue weighted by Crippen LogP contribution is -2.46. The lowest BCUT2D eigenvalue weighted by atomic mass is 10.1. The molecule has 1 aromatic carbocycles. The summed E-state index contributed by atoms with van der Waals surface area (Å²) in [6, 6.07) is 7.91. The molecule has 1 saturated heterocycles. The Bertz CT molecular complexity index is 691. The highest BCUT2D eigenvalue weighted by Crippen LogP contribution is 2.28. The predicted octanol–water partition coefficient (Wildman–Crippen LogP) is 2.98. The fraction of sp³-hybridized carbons (Fsp3) is 0.619. The number of amides is 1. The first-order chi connectivity index (χ1) is 13.6. The fourth-order valence-corrected chi connectivity index (χ4v) is 4.33. The molecule has 28 heavy (non-hydrogen) atoms. The second-order valence-corrected chi connectivity index (χ2v) is 8.06. The molecule has 154 valence electrons. The summed E-state index contributed by atoms with van der Waals surface area (Å²) in [5.41, 5.74) is 1.02. The van der Waals surface area contributed by atoms with E-state index < -0.39 is 0 Å². The molecule has 7 heteroatoms. The number of hydrogen-bond acceptors (Lipinski definition) is 3. The first kappa shape index (κ1) is 20.9. The summed E-state index contributed by atoms with van der Waals surface area (Å²) < 4.78 is 5.60. The van der Waals surface area contributed by atoms with Crippen molar-refractivity contribution in [3.8, 4) is 0 Å². The molecule has 0 spiro atoms. The van der Waals surface area contributed by atoms with E-state index in [1.807, 2.05) is 29.2 Å². The third-order valence-electron chi connectivity index (χ3n) is 5.73. The molecule has 1 heterocycles. The van der Waals surface area contributed by atoms with Gasteiger partial charge in [-0.3, -0.25) is 9.79 Å². The first-order valence-corrected chi connectivity index (χ1v) is 10.5. The molecule has 2 fully saturated rings. The highest BCUT2D eigenvalue weighted by molar-refractivity contribution is 6.30. The summed E-state index contributed by atoms with van der Waals surface area (Å²) in [5, 5.41) is 7.47. The second kappa shape index (κ2) is 10.1. The van der Waals surface area contributed by atoms with Crippen molar-refractivity contribution in [2.75, 3.05) is 33.8 Å². The Morgan fingerprint density at radius 2 is 2.14 bits per heavy atom. The number of hydrogen-bond donors (Lipinski definition) is 2. The molecule has 2 aliphatic rings. The van der Waals surface area contributed by atoms with Gasteiger partial charge in [-0.2, -0.15) is 0 Å². The van der Waals surface area contributed by atoms with Crippen LogP contribution >= 0.6 is 11.6 Å². The molecule has 2 atom stereocenters. The first-order valence-electron chi connectivity index (χ1n) is 10.1. The summed E-state index contributed by atoms with van der Waals surface area (Å²) in [5.74, 6) is 1.31. The third kappa shape index (κ3) is 5.39. The predicted molar refractivity (Wildman–Crippen MR) is 113 cm³/mol. The van der Waals surface area contributed by atoms with Crippen LogP contribution in [0, 0.1) is 5.92 Å². The van der Waals surface area contributed by atoms with Crippen LogP contribution in [-0.2, 0) is 9.53 Å². The smallest absolute Gasteiger partial charge is 0.225 e. The molecule has 0 aromatic heterocycles. The monoisotopic (exact) mass is 406 g/mol. The zero-order valence-corrected chi connectivity index (χ0v) is 17.5. The van der Waals surface area contributed by atoms with E-state index in [0.29, 0.717) is 17.5 Å². The maximum Gasteiger partial charge on any atom is 0.225 e. The highest BCUT2D eigenvalue weighted by atomic mass is 35.5. The number of carbonyl (C=O) groups excluding carboxylic acids is 1. The molecule has 1 aliphatic carbocycles. The topological polar surface area (TPSA) is 66.0 Å². The standard InChI is InChI=1S/C21H31ClN4O2/c1-23-21(24-13-19(28-2)16-8-5-9-17(22)12-16)25-18-10-11-26(14-18)20(27)15-6-3-4-7-15/h5,8-9,12,15,18-19H,3-4,6-7,10-11,13-14H2,1-2H3,(H2,23,24,25). The molecule has 2 unspecified atom stereocenters. The molecular formula is C21H31ClN4O2. The van der Waals surface area contributed by atoms with Crippen molar-refractivity contribution < 1.29 is 9.53 Å². The molecule has 0 radical (unpaired) electrons. The number of benzene rings is 1. The van der Waals surface area contributed by atoms with Gasteiger partial charge in [0.25, 0.3) is 0 Å². The van der Waals surface area contributed by atoms with E-state index in [2.05, 4.69) is 15.6 Å². The fourth-order valence-electron chi connectivity index (χ4n) is 4.13. The van der Waals surface area contributed by atoms with Crippen LogP contribution in [0.1, 0.15) is 43.8 Å². The average Bonchev–Trinajstić information content (AvgIpc) is 3.39. The van der Waals surface area contributed by atoms with Crippen LogP contribution < -0.4 is 10.6 Å². The summed E-state index contributed by atoms with van der Waals surface area (Å²) in [7, 11) is 3.44. The zero-order valence-electron chi connectivity index (χ0n) is 16.8. The van der Waals surface area contributed by atoms with Crippen LogP contribution in [0.5, 0.6) is 0 Å². The van der Waals surface area contributed by atoms with Gasteiger partial charge in [-0.05, 0) is 37.0 Å². The van der Waals surface area contributed by atoms with E-state index in [0.717, 1.165) is 43.9 Å². The Hall–Kier alpha value is -1.79. The molecule has 6 nitrogen and oxygen atoms in total. The SMILES string of the molecule is CN=C(NCC(OC)c1cccc(Cl)c1)NC1CCN(C(=O)C2CCCC2)C1. The van der Waals surface area contributed by atoms with Crippen LogP contribution in [0.25, 0.3) is 0 Å². The Morgan fingerprint density at radius 3 is 2.82 bits per heavy atom. The van der Waals surface area contributed by atoms with Crippen molar-refractivity contribution in [3.05, 3.63) is 34.9 Å². The van der Waals surface area contributed by atoms with Crippen LogP contribution in [-0.4, -0.2) is 56.6 Å². The highest BCUT2D eigenvalue weighted by Gasteiger charge is 2.32. The molecule has 1 aliphatic heterocycles. The maximum absolute atomic E-state index is 12.6. The van der Waals surface area contributed by atoms with Gasteiger partial charge in [-0.1, -0.05) is 36.6 Å². The van der Waals surface area contributed by atoms with Gasteiger partial charge in [0, 0.05) is 50.8 Å². The van der Waals surface area contributed by atoms with Crippen LogP contribution in [0.15, 0.2) is 29.3 Å². The minimum Gasteiger partial charge on any atom is -0.375 e. The van der Waals surface area contributed by atoms with E-state index in [4.69, 9.17) is 16.3 Å². The van der Waals surface area contributed by atoms with Crippen LogP contribution in [0.2, 0.25) is 5.02 Å². The maximum atomic E-state index is 12.6. The summed E-state index contributed by atoms with van der Waals surface area (Å²) in [6.07, 6.45) is 5.31. The second-order valence-electron chi connectivity index (χ2n) is 7.63. The van der Waals surface area contributed by atoms with E-state index in [1.54, 1.807) is 14.2 Å². The van der Waals surface area contributed by atoms with Gasteiger partial charge in [0.05, 0.1) is 6.10 Å². The Labute approximate surface area is 172 Å². The van der Waals surface area contributed by atoms with Gasteiger partial charge >= 0.3 is 0 Å². The minimum absolute atomic E-state index is 0.124. The lowest BCUT2D eigenvalue weighted by Gasteiger charge is -2.22. The van der Waals surface area contributed by atoms with Gasteiger partial charge in [0.1, 0.15) is 0 Å². The number of methoxy groups -OCH3 is 1. The quantitative estimate of drug-likeness (QED) is 0.563. The number of aliphatic imine (C=N–C) groups is 1. The molecule has 1 aromatic rings. The van der Waals surface area contributed by atoms with Gasteiger partial charge < -0.3 is 20.3 Å². The number of nitrogens with one attached hydrogen (secondary N) is 2. The number of guanidine groups is 1. The Morgan fingerprint density at radius 1 is 1.36 bits per heavy atom. The number of nitrogens with zero attached hydrogens (tertiary/aromatic N) is 2. The van der Waals surface area contributed by atoms with Crippen molar-refractivity contribution in [1.82, 2.24) is 15.5 Å². The Kier molecular flexibility index (Phi) is 7.57. The number of rotatable bonds is 6. The van der Waals surface area contributed by atoms with Crippen molar-refractivity contribution >= 4 is 23.5 Å². The van der Waals surface area contributed by atoms with E-state index >= 15 is 0 Å². The summed E-state index contributed by atoms with van der Waals surface area (Å²) in [6.45, 7) is 2.15. The van der Waals surface area contributed by atoms with Gasteiger partial charge in [-0.15, -0.1) is 0 Å². The van der Waals surface area contributed by atoms with Gasteiger partial charge in [0.15, 0.2) is 5.96 Å². The average molecular weight is 407 g/mol. The molecule has 3 rings (SSSR count). The van der Waals surface area contributed by atoms with E-state index in [1.165, 1.54) is 12.8 Å². The number of carbonyl (C=O) groups is 1. The third-order valence-corrected chi connectivity index (χ3v) is 5.96. The van der Waals surface area contributed by atoms with Gasteiger partial charge in [0.2, 0.25) is 5.91 Å². The molecule has 2 N–H and O–H groups in total. The minimum atomic E-state index is -0.124. The molecule has 1 amide bonds. The Balaban J connectivity index is 1.48. The van der Waals surface area contributed by atoms with Crippen molar-refractivity contribution in [1.29, 1.82) is 0 Å². The largest absolute Gasteiger partial charge is 0.375 e. The van der Waals surface area contributed by atoms with E-state index in [9.17, 15) is 4.79 Å². The molecule has 1 saturated carbocycles. The normalized spacial score (nSPS) is 21.8. The number of ether oxygens (including phenoxy) is 1. The van der Waals surface area contributed by atoms with E-state index in [-0.39, 0.29) is 18.1 Å². The summed E-state index contributed by atoms with van der Waals surface area (Å²) in [4.78, 5) is 19.0. The molecule has 0 bridgehead atoms. The van der Waals surface area contributed by atoms with Gasteiger partial charge in [-0.25, -0.2) is 0 Å². The molecular weight excluding hydrogens is 376 g/mol. The lowest BCUT2D eigenvalue weighted by molar-refractivity contribution is -0.134. The van der Waals surface area contributed by atoms with Crippen molar-refractivity contribution in [2.45, 2.75) is 44.2 Å². The van der Waals surface area contributed by atoms with Crippen molar-refractivity contribution in [2.24, 2.45) is 10.9 Å². The number of halogens is 1.